The molecule has 0 spiro atoms. The highest BCUT2D eigenvalue weighted by molar-refractivity contribution is 7.89. The number of nitrogens with zero attached hydrogens (tertiary/aromatic N) is 1. The minimum atomic E-state index is -3.42. The summed E-state index contributed by atoms with van der Waals surface area (Å²) in [5.74, 6) is 0.871. The van der Waals surface area contributed by atoms with Gasteiger partial charge in [-0.3, -0.25) is 0 Å². The second-order valence-electron chi connectivity index (χ2n) is 4.78. The SMILES string of the molecule is Cc1ccc(S(=O)(=O)NCCCc2ncc[nH]2)cc1C. The number of sulfonamides is 1. The minimum Gasteiger partial charge on any atom is -0.349 e. The van der Waals surface area contributed by atoms with Crippen LogP contribution in [-0.2, 0) is 16.4 Å². The number of hydrogen-bond donors (Lipinski definition) is 2. The van der Waals surface area contributed by atoms with Crippen molar-refractivity contribution in [3.8, 4) is 0 Å². The number of aromatic nitrogens is 2. The van der Waals surface area contributed by atoms with Crippen LogP contribution in [0.1, 0.15) is 23.4 Å². The number of imidazole rings is 1. The van der Waals surface area contributed by atoms with Gasteiger partial charge < -0.3 is 4.98 Å². The molecule has 5 nitrogen and oxygen atoms in total. The van der Waals surface area contributed by atoms with Gasteiger partial charge in [-0.2, -0.15) is 0 Å². The van der Waals surface area contributed by atoms with Gasteiger partial charge in [-0.1, -0.05) is 6.07 Å². The lowest BCUT2D eigenvalue weighted by molar-refractivity contribution is 0.578. The molecular formula is C14H19N3O2S. The Labute approximate surface area is 119 Å². The standard InChI is InChI=1S/C14H19N3O2S/c1-11-5-6-13(10-12(11)2)20(18,19)17-7-3-4-14-15-8-9-16-14/h5-6,8-10,17H,3-4,7H2,1-2H3,(H,15,16). The maximum absolute atomic E-state index is 12.1. The van der Waals surface area contributed by atoms with Crippen molar-refractivity contribution in [3.63, 3.8) is 0 Å². The molecule has 0 atom stereocenters. The predicted molar refractivity (Wildman–Crippen MR) is 78.0 cm³/mol. The average Bonchev–Trinajstić information content (AvgIpc) is 2.91. The highest BCUT2D eigenvalue weighted by Gasteiger charge is 2.13. The highest BCUT2D eigenvalue weighted by atomic mass is 32.2. The topological polar surface area (TPSA) is 74.8 Å². The van der Waals surface area contributed by atoms with Gasteiger partial charge in [0.15, 0.2) is 0 Å². The maximum atomic E-state index is 12.1. The average molecular weight is 293 g/mol. The first-order valence-electron chi connectivity index (χ1n) is 6.54. The van der Waals surface area contributed by atoms with Crippen molar-refractivity contribution in [1.29, 1.82) is 0 Å². The molecule has 20 heavy (non-hydrogen) atoms. The lowest BCUT2D eigenvalue weighted by atomic mass is 10.1. The molecule has 2 N–H and O–H groups in total. The molecule has 0 fully saturated rings. The van der Waals surface area contributed by atoms with Crippen molar-refractivity contribution in [3.05, 3.63) is 47.5 Å². The molecule has 2 rings (SSSR count). The van der Waals surface area contributed by atoms with Crippen LogP contribution < -0.4 is 4.72 Å². The van der Waals surface area contributed by atoms with E-state index in [0.29, 0.717) is 17.9 Å². The van der Waals surface area contributed by atoms with E-state index in [0.717, 1.165) is 23.4 Å². The van der Waals surface area contributed by atoms with Crippen LogP contribution in [0.5, 0.6) is 0 Å². The molecule has 1 aromatic heterocycles. The Kier molecular flexibility index (Phi) is 4.57. The number of aryl methyl sites for hydroxylation is 3. The number of benzene rings is 1. The molecule has 1 heterocycles. The summed E-state index contributed by atoms with van der Waals surface area (Å²) in [5, 5.41) is 0. The molecule has 0 bridgehead atoms. The Balaban J connectivity index is 1.92. The molecule has 0 aliphatic carbocycles. The highest BCUT2D eigenvalue weighted by Crippen LogP contribution is 2.14. The molecule has 0 amide bonds. The zero-order chi connectivity index (χ0) is 14.6. The maximum Gasteiger partial charge on any atom is 0.240 e. The van der Waals surface area contributed by atoms with Crippen LogP contribution in [0.3, 0.4) is 0 Å². The first-order valence-corrected chi connectivity index (χ1v) is 8.02. The summed E-state index contributed by atoms with van der Waals surface area (Å²) in [5.41, 5.74) is 2.06. The smallest absolute Gasteiger partial charge is 0.240 e. The zero-order valence-corrected chi connectivity index (χ0v) is 12.5. The molecule has 0 saturated heterocycles. The van der Waals surface area contributed by atoms with Crippen LogP contribution in [0.15, 0.2) is 35.5 Å². The molecule has 1 aromatic carbocycles. The van der Waals surface area contributed by atoms with E-state index < -0.39 is 10.0 Å². The molecule has 0 radical (unpaired) electrons. The van der Waals surface area contributed by atoms with Crippen molar-refractivity contribution in [2.75, 3.05) is 6.54 Å². The predicted octanol–water partition coefficient (Wildman–Crippen LogP) is 1.94. The van der Waals surface area contributed by atoms with E-state index in [9.17, 15) is 8.42 Å². The minimum absolute atomic E-state index is 0.318. The molecule has 0 saturated carbocycles. The lowest BCUT2D eigenvalue weighted by Gasteiger charge is -2.08. The van der Waals surface area contributed by atoms with E-state index in [2.05, 4.69) is 14.7 Å². The van der Waals surface area contributed by atoms with Crippen molar-refractivity contribution in [2.24, 2.45) is 0 Å². The van der Waals surface area contributed by atoms with Gasteiger partial charge in [0.2, 0.25) is 10.0 Å². The summed E-state index contributed by atoms with van der Waals surface area (Å²) in [4.78, 5) is 7.41. The van der Waals surface area contributed by atoms with Gasteiger partial charge in [0.05, 0.1) is 4.90 Å². The van der Waals surface area contributed by atoms with E-state index in [1.165, 1.54) is 0 Å². The van der Waals surface area contributed by atoms with Gasteiger partial charge in [0.1, 0.15) is 5.82 Å². The van der Waals surface area contributed by atoms with Crippen molar-refractivity contribution < 1.29 is 8.42 Å². The fraction of sp³-hybridized carbons (Fsp3) is 0.357. The van der Waals surface area contributed by atoms with Crippen molar-refractivity contribution in [2.45, 2.75) is 31.6 Å². The van der Waals surface area contributed by atoms with E-state index in [1.807, 2.05) is 19.9 Å². The van der Waals surface area contributed by atoms with Crippen LogP contribution >= 0.6 is 0 Å². The zero-order valence-electron chi connectivity index (χ0n) is 11.7. The Morgan fingerprint density at radius 1 is 1.25 bits per heavy atom. The van der Waals surface area contributed by atoms with E-state index >= 15 is 0 Å². The van der Waals surface area contributed by atoms with Gasteiger partial charge in [-0.25, -0.2) is 18.1 Å². The van der Waals surface area contributed by atoms with E-state index in [4.69, 9.17) is 0 Å². The van der Waals surface area contributed by atoms with Gasteiger partial charge >= 0.3 is 0 Å². The second kappa shape index (κ2) is 6.19. The summed E-state index contributed by atoms with van der Waals surface area (Å²) in [6, 6.07) is 5.16. The van der Waals surface area contributed by atoms with Crippen molar-refractivity contribution in [1.82, 2.24) is 14.7 Å². The third-order valence-electron chi connectivity index (χ3n) is 3.23. The van der Waals surface area contributed by atoms with Crippen LogP contribution in [0.2, 0.25) is 0 Å². The summed E-state index contributed by atoms with van der Waals surface area (Å²) >= 11 is 0. The molecule has 0 aliphatic heterocycles. The Bertz CT molecular complexity index is 664. The number of nitrogens with one attached hydrogen (secondary N) is 2. The van der Waals surface area contributed by atoms with E-state index in [-0.39, 0.29) is 0 Å². The van der Waals surface area contributed by atoms with Crippen LogP contribution in [0, 0.1) is 13.8 Å². The summed E-state index contributed by atoms with van der Waals surface area (Å²) < 4.78 is 26.9. The first-order chi connectivity index (χ1) is 9.49. The molecule has 2 aromatic rings. The van der Waals surface area contributed by atoms with Crippen molar-refractivity contribution >= 4 is 10.0 Å². The van der Waals surface area contributed by atoms with Crippen LogP contribution in [0.25, 0.3) is 0 Å². The number of hydrogen-bond acceptors (Lipinski definition) is 3. The van der Waals surface area contributed by atoms with Gasteiger partial charge in [0.25, 0.3) is 0 Å². The number of H-pyrrole nitrogens is 1. The summed E-state index contributed by atoms with van der Waals surface area (Å²) in [6.07, 6.45) is 4.88. The summed E-state index contributed by atoms with van der Waals surface area (Å²) in [6.45, 7) is 4.27. The van der Waals surface area contributed by atoms with Crippen LogP contribution in [0.4, 0.5) is 0 Å². The monoisotopic (exact) mass is 293 g/mol. The third kappa shape index (κ3) is 3.68. The number of rotatable bonds is 6. The second-order valence-corrected chi connectivity index (χ2v) is 6.55. The lowest BCUT2D eigenvalue weighted by Crippen LogP contribution is -2.25. The van der Waals surface area contributed by atoms with Gasteiger partial charge in [-0.05, 0) is 43.5 Å². The summed E-state index contributed by atoms with van der Waals surface area (Å²) in [7, 11) is -3.42. The largest absolute Gasteiger partial charge is 0.349 e. The fourth-order valence-corrected chi connectivity index (χ4v) is 3.02. The molecule has 108 valence electrons. The van der Waals surface area contributed by atoms with Gasteiger partial charge in [0, 0.05) is 25.4 Å². The molecular weight excluding hydrogens is 274 g/mol. The molecule has 0 unspecified atom stereocenters. The molecule has 6 heteroatoms. The number of aromatic amines is 1. The normalized spacial score (nSPS) is 11.7. The van der Waals surface area contributed by atoms with Crippen LogP contribution in [-0.4, -0.2) is 24.9 Å². The van der Waals surface area contributed by atoms with Gasteiger partial charge in [-0.15, -0.1) is 0 Å². The molecule has 0 aliphatic rings. The quantitative estimate of drug-likeness (QED) is 0.799. The Morgan fingerprint density at radius 3 is 2.70 bits per heavy atom. The fourth-order valence-electron chi connectivity index (χ4n) is 1.86. The Morgan fingerprint density at radius 2 is 2.05 bits per heavy atom. The van der Waals surface area contributed by atoms with E-state index in [1.54, 1.807) is 24.5 Å². The first kappa shape index (κ1) is 14.7. The third-order valence-corrected chi connectivity index (χ3v) is 4.68. The Hall–Kier alpha value is -1.66.